The molecule has 0 amide bonds. The van der Waals surface area contributed by atoms with Crippen molar-refractivity contribution in [2.45, 2.75) is 48.5 Å². The largest absolute Gasteiger partial charge is 4.00 e. The van der Waals surface area contributed by atoms with Crippen LogP contribution >= 0.6 is 0 Å². The van der Waals surface area contributed by atoms with Crippen LogP contribution in [0, 0.1) is 60.6 Å². The SMILES string of the molecule is Cc1c(C)c(C)[c-](C)c1C.Cc1cc[c-]cc1.Cc1cc[c-]cc1.[Ti+4].c1cc[cH-]c1. The van der Waals surface area contributed by atoms with Gasteiger partial charge in [0.05, 0.1) is 0 Å². The van der Waals surface area contributed by atoms with Gasteiger partial charge in [0.25, 0.3) is 0 Å². The van der Waals surface area contributed by atoms with Crippen LogP contribution in [0.2, 0.25) is 0 Å². The predicted octanol–water partition coefficient (Wildman–Crippen LogP) is 7.94. The van der Waals surface area contributed by atoms with Crippen molar-refractivity contribution in [1.82, 2.24) is 0 Å². The third-order valence-electron chi connectivity index (χ3n) is 5.14. The molecule has 0 aliphatic carbocycles. The van der Waals surface area contributed by atoms with Gasteiger partial charge < -0.3 is 0 Å². The Bertz CT molecular complexity index is 763. The summed E-state index contributed by atoms with van der Waals surface area (Å²) in [5.74, 6) is 0. The monoisotopic (exact) mass is 430 g/mol. The Labute approximate surface area is 199 Å². The second-order valence-corrected chi connectivity index (χ2v) is 7.24. The molecular formula is C29H34Ti. The quantitative estimate of drug-likeness (QED) is 0.196. The van der Waals surface area contributed by atoms with E-state index in [1.54, 1.807) is 0 Å². The van der Waals surface area contributed by atoms with Gasteiger partial charge >= 0.3 is 21.7 Å². The van der Waals surface area contributed by atoms with Crippen LogP contribution in [0.25, 0.3) is 0 Å². The summed E-state index contributed by atoms with van der Waals surface area (Å²) >= 11 is 0. The van der Waals surface area contributed by atoms with E-state index in [4.69, 9.17) is 0 Å². The van der Waals surface area contributed by atoms with E-state index in [2.05, 4.69) is 60.6 Å². The summed E-state index contributed by atoms with van der Waals surface area (Å²) in [6, 6.07) is 31.6. The first-order valence-electron chi connectivity index (χ1n) is 10.1. The smallest absolute Gasteiger partial charge is 0.214 e. The van der Waals surface area contributed by atoms with E-state index in [1.807, 2.05) is 78.9 Å². The summed E-state index contributed by atoms with van der Waals surface area (Å²) in [6.07, 6.45) is 0. The van der Waals surface area contributed by atoms with Crippen molar-refractivity contribution in [3.63, 3.8) is 0 Å². The molecule has 0 aliphatic heterocycles. The third kappa shape index (κ3) is 10.6. The molecule has 0 aliphatic rings. The van der Waals surface area contributed by atoms with Crippen LogP contribution in [0.1, 0.15) is 38.9 Å². The van der Waals surface area contributed by atoms with Crippen molar-refractivity contribution in [3.05, 3.63) is 130 Å². The van der Waals surface area contributed by atoms with Crippen LogP contribution in [0.15, 0.2) is 78.9 Å². The molecular weight excluding hydrogens is 396 g/mol. The molecule has 0 saturated heterocycles. The zero-order valence-corrected chi connectivity index (χ0v) is 21.1. The van der Waals surface area contributed by atoms with E-state index < -0.39 is 0 Å². The van der Waals surface area contributed by atoms with E-state index in [0.29, 0.717) is 0 Å². The van der Waals surface area contributed by atoms with Crippen LogP contribution in [-0.4, -0.2) is 0 Å². The summed E-state index contributed by atoms with van der Waals surface area (Å²) in [7, 11) is 0. The molecule has 0 atom stereocenters. The first kappa shape index (κ1) is 27.9. The summed E-state index contributed by atoms with van der Waals surface area (Å²) in [4.78, 5) is 0. The molecule has 0 saturated carbocycles. The number of hydrogen-bond acceptors (Lipinski definition) is 0. The van der Waals surface area contributed by atoms with Crippen molar-refractivity contribution < 1.29 is 21.7 Å². The zero-order valence-electron chi connectivity index (χ0n) is 19.5. The van der Waals surface area contributed by atoms with Gasteiger partial charge in [-0.05, 0) is 0 Å². The Hall–Kier alpha value is -2.15. The fourth-order valence-corrected chi connectivity index (χ4v) is 2.67. The van der Waals surface area contributed by atoms with Crippen LogP contribution in [0.4, 0.5) is 0 Å². The molecule has 154 valence electrons. The summed E-state index contributed by atoms with van der Waals surface area (Å²) < 4.78 is 0. The van der Waals surface area contributed by atoms with Crippen molar-refractivity contribution in [2.75, 3.05) is 0 Å². The second-order valence-electron chi connectivity index (χ2n) is 7.24. The van der Waals surface area contributed by atoms with Gasteiger partial charge in [0.1, 0.15) is 0 Å². The number of rotatable bonds is 0. The Morgan fingerprint density at radius 1 is 0.633 bits per heavy atom. The summed E-state index contributed by atoms with van der Waals surface area (Å²) in [6.45, 7) is 15.1. The molecule has 0 spiro atoms. The maximum atomic E-state index is 2.93. The van der Waals surface area contributed by atoms with Gasteiger partial charge in [-0.1, -0.05) is 48.5 Å². The molecule has 0 fully saturated rings. The van der Waals surface area contributed by atoms with Crippen LogP contribution in [0.3, 0.4) is 0 Å². The fraction of sp³-hybridized carbons (Fsp3) is 0.241. The fourth-order valence-electron chi connectivity index (χ4n) is 2.67. The first-order chi connectivity index (χ1) is 13.8. The van der Waals surface area contributed by atoms with Crippen LogP contribution < -0.4 is 0 Å². The van der Waals surface area contributed by atoms with E-state index in [1.165, 1.54) is 38.9 Å². The number of hydrogen-bond donors (Lipinski definition) is 0. The third-order valence-corrected chi connectivity index (χ3v) is 5.14. The Morgan fingerprint density at radius 2 is 0.967 bits per heavy atom. The average Bonchev–Trinajstić information content (AvgIpc) is 3.37. The molecule has 4 aromatic carbocycles. The predicted molar refractivity (Wildman–Crippen MR) is 128 cm³/mol. The zero-order chi connectivity index (χ0) is 21.6. The summed E-state index contributed by atoms with van der Waals surface area (Å²) in [5, 5.41) is 0. The normalized spacial score (nSPS) is 8.90. The standard InChI is InChI=1S/C10H15.2C7H7.C5H5.Ti/c1-6-7(2)9(4)10(5)8(6)3;2*1-7-5-3-2-4-6-7;1-2-4-5-3-1;/h1-5H3;2*3-6H,1H3;1-5H;/q4*-1;+4. The van der Waals surface area contributed by atoms with Gasteiger partial charge in [-0.25, -0.2) is 12.1 Å². The number of aryl methyl sites for hydroxylation is 2. The summed E-state index contributed by atoms with van der Waals surface area (Å²) in [5.41, 5.74) is 9.92. The molecule has 0 bridgehead atoms. The van der Waals surface area contributed by atoms with E-state index in [9.17, 15) is 0 Å². The minimum absolute atomic E-state index is 0. The van der Waals surface area contributed by atoms with Gasteiger partial charge in [-0.2, -0.15) is 118 Å². The molecule has 0 nitrogen and oxygen atoms in total. The van der Waals surface area contributed by atoms with Gasteiger partial charge in [-0.3, -0.25) is 0 Å². The average molecular weight is 430 g/mol. The minimum Gasteiger partial charge on any atom is -0.214 e. The van der Waals surface area contributed by atoms with Crippen molar-refractivity contribution in [2.24, 2.45) is 0 Å². The molecule has 0 heterocycles. The minimum atomic E-state index is 0. The molecule has 4 rings (SSSR count). The van der Waals surface area contributed by atoms with Crippen molar-refractivity contribution in [1.29, 1.82) is 0 Å². The first-order valence-corrected chi connectivity index (χ1v) is 10.1. The Balaban J connectivity index is 0.000000380. The van der Waals surface area contributed by atoms with E-state index >= 15 is 0 Å². The number of benzene rings is 2. The van der Waals surface area contributed by atoms with Gasteiger partial charge in [0.15, 0.2) is 0 Å². The maximum Gasteiger partial charge on any atom is 4.00 e. The topological polar surface area (TPSA) is 0 Å². The van der Waals surface area contributed by atoms with E-state index in [-0.39, 0.29) is 21.7 Å². The van der Waals surface area contributed by atoms with Gasteiger partial charge in [-0.15, -0.1) is 0 Å². The van der Waals surface area contributed by atoms with Gasteiger partial charge in [0, 0.05) is 0 Å². The van der Waals surface area contributed by atoms with Crippen LogP contribution in [-0.2, 0) is 21.7 Å². The molecule has 0 unspecified atom stereocenters. The second kappa shape index (κ2) is 15.7. The maximum absolute atomic E-state index is 2.93. The Kier molecular flexibility index (Phi) is 14.5. The molecule has 1 heteroatoms. The van der Waals surface area contributed by atoms with Crippen molar-refractivity contribution >= 4 is 0 Å². The van der Waals surface area contributed by atoms with Crippen LogP contribution in [0.5, 0.6) is 0 Å². The molecule has 30 heavy (non-hydrogen) atoms. The molecule has 0 N–H and O–H groups in total. The molecule has 0 radical (unpaired) electrons. The van der Waals surface area contributed by atoms with Gasteiger partial charge in [0.2, 0.25) is 0 Å². The molecule has 4 aromatic rings. The molecule has 0 aromatic heterocycles. The van der Waals surface area contributed by atoms with Crippen molar-refractivity contribution in [3.8, 4) is 0 Å². The van der Waals surface area contributed by atoms with E-state index in [0.717, 1.165) is 0 Å². The Morgan fingerprint density at radius 3 is 1.10 bits per heavy atom.